The van der Waals surface area contributed by atoms with Gasteiger partial charge in [0.15, 0.2) is 0 Å². The van der Waals surface area contributed by atoms with Gasteiger partial charge in [-0.25, -0.2) is 13.1 Å². The molecule has 1 saturated carbocycles. The molecule has 152 valence electrons. The van der Waals surface area contributed by atoms with Crippen LogP contribution in [-0.4, -0.2) is 33.5 Å². The molecule has 2 N–H and O–H groups in total. The molecule has 1 aliphatic carbocycles. The lowest BCUT2D eigenvalue weighted by molar-refractivity contribution is -0.111. The zero-order valence-electron chi connectivity index (χ0n) is 16.4. The molecule has 1 heterocycles. The summed E-state index contributed by atoms with van der Waals surface area (Å²) >= 11 is 0. The first kappa shape index (κ1) is 19.7. The van der Waals surface area contributed by atoms with Crippen molar-refractivity contribution in [2.24, 2.45) is 0 Å². The molecule has 7 heteroatoms. The molecule has 0 spiro atoms. The van der Waals surface area contributed by atoms with Gasteiger partial charge in [-0.15, -0.1) is 0 Å². The minimum atomic E-state index is -3.46. The molecule has 2 aromatic carbocycles. The maximum absolute atomic E-state index is 12.3. The molecular formula is C22H25N3O3S. The lowest BCUT2D eigenvalue weighted by Gasteiger charge is -2.17. The Labute approximate surface area is 171 Å². The van der Waals surface area contributed by atoms with Crippen molar-refractivity contribution in [3.05, 3.63) is 59.7 Å². The van der Waals surface area contributed by atoms with Gasteiger partial charge in [-0.1, -0.05) is 18.2 Å². The molecule has 1 amide bonds. The number of rotatable bonds is 7. The lowest BCUT2D eigenvalue weighted by atomic mass is 10.1. The SMILES string of the molecule is CCN1CCc2ccc(NC(=O)/C=C/c3ccc(S(=O)(=O)NC4CC4)cc3)cc21. The fourth-order valence-electron chi connectivity index (χ4n) is 3.45. The van der Waals surface area contributed by atoms with Crippen molar-refractivity contribution in [2.75, 3.05) is 23.3 Å². The number of anilines is 2. The number of carbonyl (C=O) groups excluding carboxylic acids is 1. The van der Waals surface area contributed by atoms with Gasteiger partial charge in [0.1, 0.15) is 0 Å². The Hall–Kier alpha value is -2.64. The number of sulfonamides is 1. The number of hydrogen-bond acceptors (Lipinski definition) is 4. The van der Waals surface area contributed by atoms with Crippen LogP contribution in [0.5, 0.6) is 0 Å². The third-order valence-electron chi connectivity index (χ3n) is 5.24. The van der Waals surface area contributed by atoms with Gasteiger partial charge < -0.3 is 10.2 Å². The minimum absolute atomic E-state index is 0.0758. The third-order valence-corrected chi connectivity index (χ3v) is 6.78. The molecule has 0 unspecified atom stereocenters. The predicted octanol–water partition coefficient (Wildman–Crippen LogP) is 3.16. The van der Waals surface area contributed by atoms with Gasteiger partial charge in [0.2, 0.25) is 15.9 Å². The van der Waals surface area contributed by atoms with E-state index in [1.807, 2.05) is 12.1 Å². The summed E-state index contributed by atoms with van der Waals surface area (Å²) in [6, 6.07) is 12.6. The van der Waals surface area contributed by atoms with Gasteiger partial charge in [-0.2, -0.15) is 0 Å². The van der Waals surface area contributed by atoms with E-state index in [0.29, 0.717) is 0 Å². The zero-order valence-corrected chi connectivity index (χ0v) is 17.2. The highest BCUT2D eigenvalue weighted by Gasteiger charge is 2.27. The zero-order chi connectivity index (χ0) is 20.4. The van der Waals surface area contributed by atoms with Crippen LogP contribution in [-0.2, 0) is 21.2 Å². The quantitative estimate of drug-likeness (QED) is 0.686. The summed E-state index contributed by atoms with van der Waals surface area (Å²) in [6.45, 7) is 4.10. The first-order valence-electron chi connectivity index (χ1n) is 9.94. The van der Waals surface area contributed by atoms with E-state index < -0.39 is 10.0 Å². The summed E-state index contributed by atoms with van der Waals surface area (Å²) in [4.78, 5) is 14.8. The second kappa shape index (κ2) is 8.00. The fraction of sp³-hybridized carbons (Fsp3) is 0.318. The Morgan fingerprint density at radius 3 is 2.62 bits per heavy atom. The second-order valence-corrected chi connectivity index (χ2v) is 9.17. The summed E-state index contributed by atoms with van der Waals surface area (Å²) in [6.07, 6.45) is 5.97. The van der Waals surface area contributed by atoms with Gasteiger partial charge in [0.05, 0.1) is 4.90 Å². The van der Waals surface area contributed by atoms with Crippen LogP contribution in [0.15, 0.2) is 53.4 Å². The third kappa shape index (κ3) is 4.68. The van der Waals surface area contributed by atoms with Gasteiger partial charge in [-0.3, -0.25) is 4.79 Å². The molecule has 1 aliphatic heterocycles. The molecule has 0 saturated heterocycles. The molecule has 0 atom stereocenters. The van der Waals surface area contributed by atoms with Crippen molar-refractivity contribution in [2.45, 2.75) is 37.1 Å². The molecule has 2 aliphatic rings. The molecule has 1 fully saturated rings. The molecule has 4 rings (SSSR count). The molecule has 0 aromatic heterocycles. The number of amides is 1. The van der Waals surface area contributed by atoms with Gasteiger partial charge in [-0.05, 0) is 67.7 Å². The summed E-state index contributed by atoms with van der Waals surface area (Å²) in [5.74, 6) is -0.224. The van der Waals surface area contributed by atoms with E-state index in [1.165, 1.54) is 17.3 Å². The fourth-order valence-corrected chi connectivity index (χ4v) is 4.76. The van der Waals surface area contributed by atoms with Gasteiger partial charge >= 0.3 is 0 Å². The summed E-state index contributed by atoms with van der Waals surface area (Å²) < 4.78 is 27.0. The summed E-state index contributed by atoms with van der Waals surface area (Å²) in [5, 5.41) is 2.89. The van der Waals surface area contributed by atoms with Crippen LogP contribution in [0.3, 0.4) is 0 Å². The number of fused-ring (bicyclic) bond motifs is 1. The smallest absolute Gasteiger partial charge is 0.248 e. The lowest BCUT2D eigenvalue weighted by Crippen LogP contribution is -2.25. The molecule has 6 nitrogen and oxygen atoms in total. The van der Waals surface area contributed by atoms with E-state index in [4.69, 9.17) is 0 Å². The predicted molar refractivity (Wildman–Crippen MR) is 115 cm³/mol. The van der Waals surface area contributed by atoms with Crippen LogP contribution >= 0.6 is 0 Å². The van der Waals surface area contributed by atoms with Crippen molar-refractivity contribution in [1.29, 1.82) is 0 Å². The van der Waals surface area contributed by atoms with Crippen LogP contribution in [0, 0.1) is 0 Å². The minimum Gasteiger partial charge on any atom is -0.371 e. The first-order chi connectivity index (χ1) is 13.9. The van der Waals surface area contributed by atoms with Crippen LogP contribution in [0.25, 0.3) is 6.08 Å². The van der Waals surface area contributed by atoms with Crippen molar-refractivity contribution in [3.63, 3.8) is 0 Å². The summed E-state index contributed by atoms with van der Waals surface area (Å²) in [7, 11) is -3.46. The summed E-state index contributed by atoms with van der Waals surface area (Å²) in [5.41, 5.74) is 4.03. The van der Waals surface area contributed by atoms with Crippen molar-refractivity contribution < 1.29 is 13.2 Å². The van der Waals surface area contributed by atoms with Crippen molar-refractivity contribution in [1.82, 2.24) is 4.72 Å². The number of hydrogen-bond donors (Lipinski definition) is 2. The molecule has 2 aromatic rings. The standard InChI is InChI=1S/C22H25N3O3S/c1-2-25-14-13-17-6-7-19(15-21(17)25)23-22(26)12-5-16-3-10-20(11-4-16)29(27,28)24-18-8-9-18/h3-7,10-12,15,18,24H,2,8-9,13-14H2,1H3,(H,23,26)/b12-5+. The first-order valence-corrected chi connectivity index (χ1v) is 11.4. The van der Waals surface area contributed by atoms with Crippen LogP contribution < -0.4 is 14.9 Å². The highest BCUT2D eigenvalue weighted by Crippen LogP contribution is 2.30. The number of carbonyl (C=O) groups is 1. The number of nitrogens with zero attached hydrogens (tertiary/aromatic N) is 1. The number of benzene rings is 2. The Balaban J connectivity index is 1.38. The topological polar surface area (TPSA) is 78.5 Å². The van der Waals surface area contributed by atoms with Crippen LogP contribution in [0.4, 0.5) is 11.4 Å². The van der Waals surface area contributed by atoms with E-state index >= 15 is 0 Å². The Kier molecular flexibility index (Phi) is 5.43. The Morgan fingerprint density at radius 1 is 1.17 bits per heavy atom. The van der Waals surface area contributed by atoms with Gasteiger partial charge in [0, 0.05) is 36.6 Å². The maximum Gasteiger partial charge on any atom is 0.248 e. The van der Waals surface area contributed by atoms with Crippen molar-refractivity contribution in [3.8, 4) is 0 Å². The number of nitrogens with one attached hydrogen (secondary N) is 2. The van der Waals surface area contributed by atoms with E-state index in [-0.39, 0.29) is 16.8 Å². The van der Waals surface area contributed by atoms with Crippen molar-refractivity contribution >= 4 is 33.4 Å². The highest BCUT2D eigenvalue weighted by molar-refractivity contribution is 7.89. The van der Waals surface area contributed by atoms with E-state index in [1.54, 1.807) is 30.3 Å². The average molecular weight is 412 g/mol. The van der Waals surface area contributed by atoms with Crippen LogP contribution in [0.2, 0.25) is 0 Å². The van der Waals surface area contributed by atoms with Gasteiger partial charge in [0.25, 0.3) is 0 Å². The van der Waals surface area contributed by atoms with E-state index in [9.17, 15) is 13.2 Å². The Morgan fingerprint density at radius 2 is 1.93 bits per heavy atom. The average Bonchev–Trinajstić information content (AvgIpc) is 3.42. The highest BCUT2D eigenvalue weighted by atomic mass is 32.2. The molecule has 29 heavy (non-hydrogen) atoms. The number of likely N-dealkylation sites (N-methyl/N-ethyl adjacent to an activating group) is 1. The Bertz CT molecular complexity index is 1040. The van der Waals surface area contributed by atoms with Crippen LogP contribution in [0.1, 0.15) is 30.9 Å². The molecule has 0 radical (unpaired) electrons. The van der Waals surface area contributed by atoms with E-state index in [0.717, 1.165) is 43.6 Å². The monoisotopic (exact) mass is 411 g/mol. The maximum atomic E-state index is 12.3. The van der Waals surface area contributed by atoms with E-state index in [2.05, 4.69) is 27.9 Å². The normalized spacial score (nSPS) is 16.2. The molecule has 0 bridgehead atoms. The molecular weight excluding hydrogens is 386 g/mol. The largest absolute Gasteiger partial charge is 0.371 e. The second-order valence-electron chi connectivity index (χ2n) is 7.46.